The van der Waals surface area contributed by atoms with Crippen molar-refractivity contribution in [2.45, 2.75) is 5.92 Å². The van der Waals surface area contributed by atoms with Gasteiger partial charge in [-0.1, -0.05) is 30.3 Å². The van der Waals surface area contributed by atoms with Crippen molar-refractivity contribution < 1.29 is 10.0 Å². The van der Waals surface area contributed by atoms with Crippen molar-refractivity contribution in [1.29, 1.82) is 5.26 Å². The third kappa shape index (κ3) is 3.37. The van der Waals surface area contributed by atoms with Crippen molar-refractivity contribution >= 4 is 11.5 Å². The Balaban J connectivity index is 2.21. The topological polar surface area (TPSA) is 112 Å². The summed E-state index contributed by atoms with van der Waals surface area (Å²) >= 11 is 0. The first-order chi connectivity index (χ1) is 10.7. The van der Waals surface area contributed by atoms with E-state index in [-0.39, 0.29) is 36.1 Å². The van der Waals surface area contributed by atoms with Crippen LogP contribution in [-0.4, -0.2) is 28.2 Å². The molecule has 0 bridgehead atoms. The van der Waals surface area contributed by atoms with E-state index in [2.05, 4.69) is 10.3 Å². The largest absolute Gasteiger partial charge is 0.396 e. The summed E-state index contributed by atoms with van der Waals surface area (Å²) in [5.41, 5.74) is 0.508. The molecule has 1 aromatic heterocycles. The average molecular weight is 298 g/mol. The molecular formula is C15H14N4O3. The number of nitrogens with zero attached hydrogens (tertiary/aromatic N) is 3. The van der Waals surface area contributed by atoms with Gasteiger partial charge in [0.1, 0.15) is 11.6 Å². The summed E-state index contributed by atoms with van der Waals surface area (Å²) in [7, 11) is 0. The number of benzene rings is 1. The van der Waals surface area contributed by atoms with E-state index in [1.807, 2.05) is 30.3 Å². The summed E-state index contributed by atoms with van der Waals surface area (Å²) in [6.45, 7) is 0.159. The fraction of sp³-hybridized carbons (Fsp3) is 0.200. The van der Waals surface area contributed by atoms with Gasteiger partial charge in [-0.2, -0.15) is 5.26 Å². The second kappa shape index (κ2) is 7.15. The molecule has 2 N–H and O–H groups in total. The number of hydrogen-bond donors (Lipinski definition) is 2. The highest BCUT2D eigenvalue weighted by Gasteiger charge is 2.22. The Hall–Kier alpha value is -2.98. The maximum atomic E-state index is 11.1. The quantitative estimate of drug-likeness (QED) is 0.623. The summed E-state index contributed by atoms with van der Waals surface area (Å²) < 4.78 is 0. The normalized spacial score (nSPS) is 11.5. The van der Waals surface area contributed by atoms with Crippen LogP contribution >= 0.6 is 0 Å². The predicted octanol–water partition coefficient (Wildman–Crippen LogP) is 2.05. The fourth-order valence-electron chi connectivity index (χ4n) is 2.09. The number of nitrogens with one attached hydrogen (secondary N) is 1. The third-order valence-corrected chi connectivity index (χ3v) is 3.23. The van der Waals surface area contributed by atoms with Crippen LogP contribution in [0.2, 0.25) is 0 Å². The van der Waals surface area contributed by atoms with Gasteiger partial charge in [0.15, 0.2) is 0 Å². The second-order valence-electron chi connectivity index (χ2n) is 4.60. The highest BCUT2D eigenvalue weighted by Crippen LogP contribution is 2.26. The van der Waals surface area contributed by atoms with Gasteiger partial charge in [0.2, 0.25) is 5.82 Å². The molecule has 7 heteroatoms. The fourth-order valence-corrected chi connectivity index (χ4v) is 2.09. The van der Waals surface area contributed by atoms with Crippen LogP contribution in [-0.2, 0) is 0 Å². The predicted molar refractivity (Wildman–Crippen MR) is 80.4 cm³/mol. The van der Waals surface area contributed by atoms with E-state index in [0.29, 0.717) is 0 Å². The lowest BCUT2D eigenvalue weighted by Crippen LogP contribution is -2.17. The molecule has 1 atom stereocenters. The van der Waals surface area contributed by atoms with Crippen LogP contribution in [0, 0.1) is 21.4 Å². The Morgan fingerprint density at radius 1 is 1.36 bits per heavy atom. The van der Waals surface area contributed by atoms with Crippen molar-refractivity contribution in [3.8, 4) is 6.07 Å². The monoisotopic (exact) mass is 298 g/mol. The molecule has 0 aliphatic rings. The Bertz CT molecular complexity index is 698. The average Bonchev–Trinajstić information content (AvgIpc) is 2.55. The molecule has 0 aliphatic carbocycles. The lowest BCUT2D eigenvalue weighted by Gasteiger charge is -2.15. The molecule has 112 valence electrons. The molecule has 0 saturated carbocycles. The lowest BCUT2D eigenvalue weighted by atomic mass is 10.00. The number of aliphatic hydroxyl groups excluding tert-OH is 1. The smallest absolute Gasteiger partial charge is 0.328 e. The minimum atomic E-state index is -0.635. The number of anilines is 1. The van der Waals surface area contributed by atoms with Gasteiger partial charge in [-0.3, -0.25) is 10.1 Å². The van der Waals surface area contributed by atoms with Crippen LogP contribution < -0.4 is 5.32 Å². The molecule has 2 aromatic rings. The zero-order valence-corrected chi connectivity index (χ0v) is 11.6. The molecule has 0 unspecified atom stereocenters. The number of nitro groups is 1. The van der Waals surface area contributed by atoms with Crippen LogP contribution in [0.1, 0.15) is 17.0 Å². The van der Waals surface area contributed by atoms with Gasteiger partial charge in [0.05, 0.1) is 11.5 Å². The highest BCUT2D eigenvalue weighted by atomic mass is 16.6. The van der Waals surface area contributed by atoms with Gasteiger partial charge < -0.3 is 10.4 Å². The number of aliphatic hydroxyl groups is 1. The molecule has 0 saturated heterocycles. The highest BCUT2D eigenvalue weighted by molar-refractivity contribution is 5.64. The zero-order valence-electron chi connectivity index (χ0n) is 11.6. The standard InChI is InChI=1S/C15H14N4O3/c16-8-12-6-7-17-15(14(12)19(21)22)18-9-13(10-20)11-4-2-1-3-5-11/h1-7,13,20H,9-10H2,(H,17,18)/t13-/m0/s1. The molecule has 22 heavy (non-hydrogen) atoms. The second-order valence-corrected chi connectivity index (χ2v) is 4.60. The van der Waals surface area contributed by atoms with E-state index in [1.54, 1.807) is 6.07 Å². The molecule has 0 spiro atoms. The van der Waals surface area contributed by atoms with E-state index in [9.17, 15) is 15.2 Å². The molecule has 1 aromatic carbocycles. The summed E-state index contributed by atoms with van der Waals surface area (Å²) in [5, 5.41) is 32.4. The van der Waals surface area contributed by atoms with E-state index in [0.717, 1.165) is 5.56 Å². The number of rotatable bonds is 6. The van der Waals surface area contributed by atoms with Crippen LogP contribution in [0.15, 0.2) is 42.6 Å². The summed E-state index contributed by atoms with van der Waals surface area (Å²) in [6, 6.07) is 12.4. The third-order valence-electron chi connectivity index (χ3n) is 3.23. The molecule has 0 aliphatic heterocycles. The van der Waals surface area contributed by atoms with Crippen molar-refractivity contribution in [1.82, 2.24) is 4.98 Å². The first kappa shape index (κ1) is 15.4. The maximum Gasteiger partial charge on any atom is 0.328 e. The van der Waals surface area contributed by atoms with Crippen molar-refractivity contribution in [2.24, 2.45) is 0 Å². The summed E-state index contributed by atoms with van der Waals surface area (Å²) in [6.07, 6.45) is 1.34. The Labute approximate surface area is 127 Å². The Kier molecular flexibility index (Phi) is 5.01. The molecular weight excluding hydrogens is 284 g/mol. The first-order valence-corrected chi connectivity index (χ1v) is 6.60. The van der Waals surface area contributed by atoms with Gasteiger partial charge in [-0.15, -0.1) is 0 Å². The summed E-state index contributed by atoms with van der Waals surface area (Å²) in [5.74, 6) is -0.202. The SMILES string of the molecule is N#Cc1ccnc(NC[C@@H](CO)c2ccccc2)c1[N+](=O)[O-]. The molecule has 7 nitrogen and oxygen atoms in total. The molecule has 1 heterocycles. The van der Waals surface area contributed by atoms with Crippen LogP contribution in [0.25, 0.3) is 0 Å². The molecule has 0 radical (unpaired) electrons. The Morgan fingerprint density at radius 3 is 2.68 bits per heavy atom. The van der Waals surface area contributed by atoms with Gasteiger partial charge in [-0.05, 0) is 11.6 Å². The number of nitriles is 1. The zero-order chi connectivity index (χ0) is 15.9. The van der Waals surface area contributed by atoms with Gasteiger partial charge in [0, 0.05) is 18.7 Å². The first-order valence-electron chi connectivity index (χ1n) is 6.60. The maximum absolute atomic E-state index is 11.1. The molecule has 2 rings (SSSR count). The molecule has 0 fully saturated rings. The minimum absolute atomic E-state index is 0.0263. The van der Waals surface area contributed by atoms with Gasteiger partial charge in [0.25, 0.3) is 0 Å². The lowest BCUT2D eigenvalue weighted by molar-refractivity contribution is -0.384. The van der Waals surface area contributed by atoms with Gasteiger partial charge >= 0.3 is 5.69 Å². The van der Waals surface area contributed by atoms with E-state index < -0.39 is 4.92 Å². The Morgan fingerprint density at radius 2 is 2.09 bits per heavy atom. The number of pyridine rings is 1. The van der Waals surface area contributed by atoms with Crippen molar-refractivity contribution in [3.05, 3.63) is 63.8 Å². The van der Waals surface area contributed by atoms with Crippen LogP contribution in [0.3, 0.4) is 0 Å². The molecule has 0 amide bonds. The summed E-state index contributed by atoms with van der Waals surface area (Å²) in [4.78, 5) is 14.4. The van der Waals surface area contributed by atoms with Crippen molar-refractivity contribution in [3.63, 3.8) is 0 Å². The van der Waals surface area contributed by atoms with E-state index >= 15 is 0 Å². The van der Waals surface area contributed by atoms with Crippen LogP contribution in [0.5, 0.6) is 0 Å². The van der Waals surface area contributed by atoms with Crippen LogP contribution in [0.4, 0.5) is 11.5 Å². The van der Waals surface area contributed by atoms with E-state index in [1.165, 1.54) is 12.3 Å². The van der Waals surface area contributed by atoms with Crippen molar-refractivity contribution in [2.75, 3.05) is 18.5 Å². The van der Waals surface area contributed by atoms with E-state index in [4.69, 9.17) is 5.26 Å². The number of aromatic nitrogens is 1. The minimum Gasteiger partial charge on any atom is -0.396 e. The van der Waals surface area contributed by atoms with Gasteiger partial charge in [-0.25, -0.2) is 4.98 Å². The number of hydrogen-bond acceptors (Lipinski definition) is 6.